The predicted octanol–water partition coefficient (Wildman–Crippen LogP) is 5.26. The summed E-state index contributed by atoms with van der Waals surface area (Å²) in [4.78, 5) is 0. The minimum absolute atomic E-state index is 0.739. The number of unbranched alkanes of at least 4 members (excludes halogenated alkanes) is 1. The molecule has 1 aromatic rings. The van der Waals surface area contributed by atoms with Gasteiger partial charge in [0.1, 0.15) is 0 Å². The summed E-state index contributed by atoms with van der Waals surface area (Å²) in [5.74, 6) is 0. The van der Waals surface area contributed by atoms with Crippen molar-refractivity contribution in [1.29, 1.82) is 0 Å². The summed E-state index contributed by atoms with van der Waals surface area (Å²) in [6.07, 6.45) is 5.54. The van der Waals surface area contributed by atoms with Crippen LogP contribution in [0.4, 0.5) is 5.69 Å². The summed E-state index contributed by atoms with van der Waals surface area (Å²) in [5, 5.41) is 5.08. The van der Waals surface area contributed by atoms with Crippen LogP contribution in [-0.2, 0) is 0 Å². The molecule has 0 saturated carbocycles. The molecular weight excluding hydrogens is 244 g/mol. The zero-order valence-electron chi connectivity index (χ0n) is 11.3. The average molecular weight is 265 g/mol. The fraction of sp³-hybridized carbons (Fsp3) is 0.400. The molecule has 3 heteroatoms. The first-order valence-electron chi connectivity index (χ1n) is 6.26. The molecule has 0 aliphatic heterocycles. The number of rotatable bonds is 6. The van der Waals surface area contributed by atoms with Crippen LogP contribution in [0.25, 0.3) is 0 Å². The third kappa shape index (κ3) is 6.45. The highest BCUT2D eigenvalue weighted by atomic mass is 35.5. The first-order chi connectivity index (χ1) is 8.58. The van der Waals surface area contributed by atoms with Gasteiger partial charge in [-0.1, -0.05) is 23.3 Å². The number of benzene rings is 1. The van der Waals surface area contributed by atoms with Crippen molar-refractivity contribution in [3.63, 3.8) is 0 Å². The number of hydrogen-bond donors (Lipinski definition) is 1. The van der Waals surface area contributed by atoms with E-state index in [2.05, 4.69) is 30.5 Å². The number of hydrazone groups is 1. The number of nitrogens with zero attached hydrogens (tertiary/aromatic N) is 1. The Balaban J connectivity index is 2.33. The van der Waals surface area contributed by atoms with E-state index in [1.54, 1.807) is 0 Å². The molecule has 1 aromatic carbocycles. The second-order valence-electron chi connectivity index (χ2n) is 4.64. The van der Waals surface area contributed by atoms with Crippen LogP contribution < -0.4 is 5.43 Å². The minimum atomic E-state index is 0.739. The number of nitrogens with one attached hydrogen (secondary N) is 1. The summed E-state index contributed by atoms with van der Waals surface area (Å²) < 4.78 is 0. The Bertz CT molecular complexity index is 415. The van der Waals surface area contributed by atoms with Crippen molar-refractivity contribution in [2.45, 2.75) is 40.0 Å². The third-order valence-electron chi connectivity index (χ3n) is 2.52. The van der Waals surface area contributed by atoms with Crippen LogP contribution in [-0.4, -0.2) is 5.71 Å². The standard InChI is InChI=1S/C15H21ClN2/c1-12(2)6-4-5-7-13(3)17-18-15-10-8-14(16)9-11-15/h6,8-11,18H,4-5,7H2,1-3H3/b17-13+. The van der Waals surface area contributed by atoms with Crippen molar-refractivity contribution in [3.8, 4) is 0 Å². The van der Waals surface area contributed by atoms with Crippen molar-refractivity contribution in [2.75, 3.05) is 5.43 Å². The van der Waals surface area contributed by atoms with Gasteiger partial charge in [0, 0.05) is 10.7 Å². The summed E-state index contributed by atoms with van der Waals surface area (Å²) in [6.45, 7) is 6.30. The maximum absolute atomic E-state index is 5.82. The molecular formula is C15H21ClN2. The zero-order chi connectivity index (χ0) is 13.4. The topological polar surface area (TPSA) is 24.4 Å². The molecule has 0 spiro atoms. The van der Waals surface area contributed by atoms with Gasteiger partial charge in [0.05, 0.1) is 5.69 Å². The molecule has 0 bridgehead atoms. The van der Waals surface area contributed by atoms with E-state index in [4.69, 9.17) is 11.6 Å². The molecule has 1 N–H and O–H groups in total. The van der Waals surface area contributed by atoms with Gasteiger partial charge in [0.25, 0.3) is 0 Å². The Morgan fingerprint density at radius 3 is 2.50 bits per heavy atom. The SMILES string of the molecule is CC(C)=CCCC/C(C)=N/Nc1ccc(Cl)cc1. The highest BCUT2D eigenvalue weighted by molar-refractivity contribution is 6.30. The molecule has 0 aromatic heterocycles. The van der Waals surface area contributed by atoms with Gasteiger partial charge in [-0.05, 0) is 64.3 Å². The van der Waals surface area contributed by atoms with Gasteiger partial charge in [-0.3, -0.25) is 5.43 Å². The van der Waals surface area contributed by atoms with Crippen LogP contribution in [0.2, 0.25) is 5.02 Å². The van der Waals surface area contributed by atoms with Crippen LogP contribution in [0.3, 0.4) is 0 Å². The number of hydrogen-bond acceptors (Lipinski definition) is 2. The predicted molar refractivity (Wildman–Crippen MR) is 81.5 cm³/mol. The zero-order valence-corrected chi connectivity index (χ0v) is 12.1. The molecule has 0 fully saturated rings. The van der Waals surface area contributed by atoms with E-state index < -0.39 is 0 Å². The number of allylic oxidation sites excluding steroid dienone is 2. The molecule has 98 valence electrons. The Hall–Kier alpha value is -1.28. The van der Waals surface area contributed by atoms with E-state index in [1.807, 2.05) is 31.2 Å². The van der Waals surface area contributed by atoms with E-state index in [0.29, 0.717) is 0 Å². The monoisotopic (exact) mass is 264 g/mol. The second-order valence-corrected chi connectivity index (χ2v) is 5.08. The van der Waals surface area contributed by atoms with Crippen LogP contribution in [0.1, 0.15) is 40.0 Å². The van der Waals surface area contributed by atoms with Crippen molar-refractivity contribution in [1.82, 2.24) is 0 Å². The van der Waals surface area contributed by atoms with Gasteiger partial charge in [0.15, 0.2) is 0 Å². The maximum Gasteiger partial charge on any atom is 0.0562 e. The van der Waals surface area contributed by atoms with Crippen LogP contribution in [0.15, 0.2) is 41.0 Å². The molecule has 1 rings (SSSR count). The second kappa shape index (κ2) is 7.93. The quantitative estimate of drug-likeness (QED) is 0.322. The van der Waals surface area contributed by atoms with Gasteiger partial charge in [0.2, 0.25) is 0 Å². The van der Waals surface area contributed by atoms with Crippen molar-refractivity contribution < 1.29 is 0 Å². The summed E-state index contributed by atoms with van der Waals surface area (Å²) in [7, 11) is 0. The first-order valence-corrected chi connectivity index (χ1v) is 6.64. The molecule has 0 amide bonds. The van der Waals surface area contributed by atoms with Crippen molar-refractivity contribution in [2.24, 2.45) is 5.10 Å². The smallest absolute Gasteiger partial charge is 0.0562 e. The Morgan fingerprint density at radius 1 is 1.22 bits per heavy atom. The number of anilines is 1. The third-order valence-corrected chi connectivity index (χ3v) is 2.77. The molecule has 0 radical (unpaired) electrons. The minimum Gasteiger partial charge on any atom is -0.279 e. The lowest BCUT2D eigenvalue weighted by Gasteiger charge is -2.03. The molecule has 0 heterocycles. The normalized spacial score (nSPS) is 11.2. The molecule has 0 aliphatic rings. The Morgan fingerprint density at radius 2 is 1.89 bits per heavy atom. The fourth-order valence-electron chi connectivity index (χ4n) is 1.49. The highest BCUT2D eigenvalue weighted by Gasteiger charge is 1.93. The molecule has 0 unspecified atom stereocenters. The van der Waals surface area contributed by atoms with E-state index >= 15 is 0 Å². The summed E-state index contributed by atoms with van der Waals surface area (Å²) in [5.41, 5.74) is 6.49. The molecule has 2 nitrogen and oxygen atoms in total. The van der Waals surface area contributed by atoms with Crippen LogP contribution >= 0.6 is 11.6 Å². The van der Waals surface area contributed by atoms with Gasteiger partial charge >= 0.3 is 0 Å². The van der Waals surface area contributed by atoms with E-state index in [0.717, 1.165) is 35.7 Å². The van der Waals surface area contributed by atoms with Gasteiger partial charge in [-0.2, -0.15) is 5.10 Å². The van der Waals surface area contributed by atoms with Gasteiger partial charge in [-0.15, -0.1) is 0 Å². The summed E-state index contributed by atoms with van der Waals surface area (Å²) >= 11 is 5.82. The lowest BCUT2D eigenvalue weighted by molar-refractivity contribution is 0.882. The van der Waals surface area contributed by atoms with Crippen LogP contribution in [0, 0.1) is 0 Å². The van der Waals surface area contributed by atoms with Gasteiger partial charge < -0.3 is 0 Å². The van der Waals surface area contributed by atoms with Crippen molar-refractivity contribution in [3.05, 3.63) is 40.9 Å². The first kappa shape index (κ1) is 14.8. The van der Waals surface area contributed by atoms with E-state index in [-0.39, 0.29) is 0 Å². The maximum atomic E-state index is 5.82. The van der Waals surface area contributed by atoms with E-state index in [1.165, 1.54) is 5.57 Å². The fourth-order valence-corrected chi connectivity index (χ4v) is 1.61. The highest BCUT2D eigenvalue weighted by Crippen LogP contribution is 2.13. The largest absolute Gasteiger partial charge is 0.279 e. The molecule has 0 atom stereocenters. The Labute approximate surface area is 115 Å². The summed E-state index contributed by atoms with van der Waals surface area (Å²) in [6, 6.07) is 7.54. The van der Waals surface area contributed by atoms with E-state index in [9.17, 15) is 0 Å². The van der Waals surface area contributed by atoms with Crippen LogP contribution in [0.5, 0.6) is 0 Å². The molecule has 18 heavy (non-hydrogen) atoms. The van der Waals surface area contributed by atoms with Gasteiger partial charge in [-0.25, -0.2) is 0 Å². The molecule has 0 saturated heterocycles. The lowest BCUT2D eigenvalue weighted by Crippen LogP contribution is -1.97. The van der Waals surface area contributed by atoms with Crippen molar-refractivity contribution >= 4 is 23.0 Å². The lowest BCUT2D eigenvalue weighted by atomic mass is 10.1. The Kier molecular flexibility index (Phi) is 6.51. The molecule has 0 aliphatic carbocycles. The average Bonchev–Trinajstić information content (AvgIpc) is 2.34. The number of halogens is 1.